The molecule has 3 nitrogen and oxygen atoms in total. The Labute approximate surface area is 140 Å². The van der Waals surface area contributed by atoms with Crippen LogP contribution in [0.15, 0.2) is 24.3 Å². The standard InChI is InChI=1S/C18H29ClN2O/c1-3-21(4-2)15-7-5-6-14-20-18(22)13-10-16-8-11-17(19)12-9-16/h8-9,11-12H,3-7,10,13-15H2,1-2H3,(H,20,22). The second kappa shape index (κ2) is 11.5. The molecule has 124 valence electrons. The predicted molar refractivity (Wildman–Crippen MR) is 94.4 cm³/mol. The van der Waals surface area contributed by atoms with Crippen LogP contribution < -0.4 is 5.32 Å². The lowest BCUT2D eigenvalue weighted by Crippen LogP contribution is -2.26. The molecule has 0 aliphatic heterocycles. The van der Waals surface area contributed by atoms with Gasteiger partial charge in [0.25, 0.3) is 0 Å². The second-order valence-corrected chi connectivity index (χ2v) is 6.00. The maximum Gasteiger partial charge on any atom is 0.220 e. The highest BCUT2D eigenvalue weighted by Crippen LogP contribution is 2.10. The van der Waals surface area contributed by atoms with E-state index in [4.69, 9.17) is 11.6 Å². The van der Waals surface area contributed by atoms with E-state index in [0.29, 0.717) is 6.42 Å². The van der Waals surface area contributed by atoms with Gasteiger partial charge in [-0.05, 0) is 56.6 Å². The van der Waals surface area contributed by atoms with Crippen molar-refractivity contribution in [3.63, 3.8) is 0 Å². The number of rotatable bonds is 11. The normalized spacial score (nSPS) is 10.9. The van der Waals surface area contributed by atoms with Gasteiger partial charge in [-0.1, -0.05) is 44.0 Å². The molecule has 0 aromatic heterocycles. The van der Waals surface area contributed by atoms with Gasteiger partial charge in [0.05, 0.1) is 0 Å². The van der Waals surface area contributed by atoms with E-state index in [2.05, 4.69) is 24.1 Å². The zero-order valence-corrected chi connectivity index (χ0v) is 14.7. The van der Waals surface area contributed by atoms with Gasteiger partial charge in [-0.25, -0.2) is 0 Å². The molecule has 0 saturated heterocycles. The van der Waals surface area contributed by atoms with Crippen LogP contribution in [0, 0.1) is 0 Å². The van der Waals surface area contributed by atoms with Gasteiger partial charge in [0, 0.05) is 18.0 Å². The molecule has 1 aromatic rings. The second-order valence-electron chi connectivity index (χ2n) is 5.56. The number of unbranched alkanes of at least 4 members (excludes halogenated alkanes) is 2. The molecule has 0 bridgehead atoms. The maximum absolute atomic E-state index is 11.8. The fraction of sp³-hybridized carbons (Fsp3) is 0.611. The predicted octanol–water partition coefficient (Wildman–Crippen LogP) is 3.90. The SMILES string of the molecule is CCN(CC)CCCCCNC(=O)CCc1ccc(Cl)cc1. The molecule has 0 heterocycles. The van der Waals surface area contributed by atoms with Crippen molar-refractivity contribution in [2.75, 3.05) is 26.2 Å². The summed E-state index contributed by atoms with van der Waals surface area (Å²) in [6.07, 6.45) is 4.76. The highest BCUT2D eigenvalue weighted by molar-refractivity contribution is 6.30. The Morgan fingerprint density at radius 3 is 2.41 bits per heavy atom. The van der Waals surface area contributed by atoms with Crippen LogP contribution in [0.2, 0.25) is 5.02 Å². The summed E-state index contributed by atoms with van der Waals surface area (Å²) in [6, 6.07) is 7.68. The highest BCUT2D eigenvalue weighted by atomic mass is 35.5. The molecule has 0 fully saturated rings. The van der Waals surface area contributed by atoms with Crippen molar-refractivity contribution in [3.8, 4) is 0 Å². The Morgan fingerprint density at radius 1 is 1.09 bits per heavy atom. The van der Waals surface area contributed by atoms with E-state index in [1.807, 2.05) is 24.3 Å². The minimum absolute atomic E-state index is 0.138. The molecular formula is C18H29ClN2O. The van der Waals surface area contributed by atoms with Crippen molar-refractivity contribution >= 4 is 17.5 Å². The summed E-state index contributed by atoms with van der Waals surface area (Å²) in [5.41, 5.74) is 1.15. The van der Waals surface area contributed by atoms with Gasteiger partial charge in [-0.15, -0.1) is 0 Å². The van der Waals surface area contributed by atoms with Gasteiger partial charge in [0.1, 0.15) is 0 Å². The van der Waals surface area contributed by atoms with E-state index in [0.717, 1.165) is 49.6 Å². The number of carbonyl (C=O) groups is 1. The molecule has 0 aliphatic carbocycles. The zero-order valence-electron chi connectivity index (χ0n) is 13.9. The number of amides is 1. The molecule has 1 N–H and O–H groups in total. The van der Waals surface area contributed by atoms with Gasteiger partial charge in [0.2, 0.25) is 5.91 Å². The van der Waals surface area contributed by atoms with E-state index < -0.39 is 0 Å². The van der Waals surface area contributed by atoms with Crippen molar-refractivity contribution in [2.45, 2.75) is 46.0 Å². The Balaban J connectivity index is 2.03. The molecule has 1 amide bonds. The third kappa shape index (κ3) is 8.40. The van der Waals surface area contributed by atoms with Gasteiger partial charge < -0.3 is 10.2 Å². The smallest absolute Gasteiger partial charge is 0.220 e. The molecule has 0 atom stereocenters. The molecule has 4 heteroatoms. The third-order valence-corrected chi connectivity index (χ3v) is 4.17. The first-order valence-corrected chi connectivity index (χ1v) is 8.77. The zero-order chi connectivity index (χ0) is 16.2. The van der Waals surface area contributed by atoms with Crippen molar-refractivity contribution in [2.24, 2.45) is 0 Å². The van der Waals surface area contributed by atoms with Crippen molar-refractivity contribution in [1.82, 2.24) is 10.2 Å². The van der Waals surface area contributed by atoms with E-state index in [9.17, 15) is 4.79 Å². The molecule has 0 unspecified atom stereocenters. The van der Waals surface area contributed by atoms with Crippen LogP contribution >= 0.6 is 11.6 Å². The molecule has 1 aromatic carbocycles. The van der Waals surface area contributed by atoms with E-state index in [-0.39, 0.29) is 5.91 Å². The number of nitrogens with zero attached hydrogens (tertiary/aromatic N) is 1. The largest absolute Gasteiger partial charge is 0.356 e. The number of halogens is 1. The average Bonchev–Trinajstić information content (AvgIpc) is 2.54. The van der Waals surface area contributed by atoms with Crippen molar-refractivity contribution in [1.29, 1.82) is 0 Å². The molecule has 0 spiro atoms. The molecular weight excluding hydrogens is 296 g/mol. The quantitative estimate of drug-likeness (QED) is 0.626. The Hall–Kier alpha value is -1.06. The lowest BCUT2D eigenvalue weighted by atomic mass is 10.1. The molecule has 0 aliphatic rings. The Morgan fingerprint density at radius 2 is 1.77 bits per heavy atom. The number of benzene rings is 1. The number of nitrogens with one attached hydrogen (secondary N) is 1. The first-order chi connectivity index (χ1) is 10.7. The highest BCUT2D eigenvalue weighted by Gasteiger charge is 2.02. The minimum atomic E-state index is 0.138. The summed E-state index contributed by atoms with van der Waals surface area (Å²) < 4.78 is 0. The van der Waals surface area contributed by atoms with E-state index in [1.54, 1.807) is 0 Å². The van der Waals surface area contributed by atoms with Crippen LogP contribution in [-0.2, 0) is 11.2 Å². The minimum Gasteiger partial charge on any atom is -0.356 e. The van der Waals surface area contributed by atoms with E-state index >= 15 is 0 Å². The molecule has 1 rings (SSSR count). The van der Waals surface area contributed by atoms with Crippen LogP contribution in [0.25, 0.3) is 0 Å². The number of aryl methyl sites for hydroxylation is 1. The average molecular weight is 325 g/mol. The van der Waals surface area contributed by atoms with Crippen LogP contribution in [0.4, 0.5) is 0 Å². The number of hydrogen-bond donors (Lipinski definition) is 1. The summed E-state index contributed by atoms with van der Waals surface area (Å²) in [5.74, 6) is 0.138. The van der Waals surface area contributed by atoms with Crippen molar-refractivity contribution in [3.05, 3.63) is 34.9 Å². The number of carbonyl (C=O) groups excluding carboxylic acids is 1. The lowest BCUT2D eigenvalue weighted by Gasteiger charge is -2.17. The van der Waals surface area contributed by atoms with Crippen LogP contribution in [0.5, 0.6) is 0 Å². The Kier molecular flexibility index (Phi) is 9.93. The summed E-state index contributed by atoms with van der Waals surface area (Å²) in [4.78, 5) is 14.2. The Bertz CT molecular complexity index is 416. The fourth-order valence-electron chi connectivity index (χ4n) is 2.40. The van der Waals surface area contributed by atoms with Crippen LogP contribution in [0.3, 0.4) is 0 Å². The molecule has 0 saturated carbocycles. The van der Waals surface area contributed by atoms with Gasteiger partial charge in [-0.2, -0.15) is 0 Å². The van der Waals surface area contributed by atoms with Crippen LogP contribution in [0.1, 0.15) is 45.1 Å². The monoisotopic (exact) mass is 324 g/mol. The first-order valence-electron chi connectivity index (χ1n) is 8.39. The van der Waals surface area contributed by atoms with Gasteiger partial charge >= 0.3 is 0 Å². The maximum atomic E-state index is 11.8. The molecule has 22 heavy (non-hydrogen) atoms. The summed E-state index contributed by atoms with van der Waals surface area (Å²) in [6.45, 7) is 8.60. The van der Waals surface area contributed by atoms with Crippen LogP contribution in [-0.4, -0.2) is 37.0 Å². The third-order valence-electron chi connectivity index (χ3n) is 3.92. The fourth-order valence-corrected chi connectivity index (χ4v) is 2.53. The summed E-state index contributed by atoms with van der Waals surface area (Å²) in [7, 11) is 0. The summed E-state index contributed by atoms with van der Waals surface area (Å²) >= 11 is 5.84. The van der Waals surface area contributed by atoms with Crippen molar-refractivity contribution < 1.29 is 4.79 Å². The van der Waals surface area contributed by atoms with Gasteiger partial charge in [0.15, 0.2) is 0 Å². The summed E-state index contributed by atoms with van der Waals surface area (Å²) in [5, 5.41) is 3.74. The topological polar surface area (TPSA) is 32.3 Å². The first kappa shape index (κ1) is 19.0. The molecule has 0 radical (unpaired) electrons. The van der Waals surface area contributed by atoms with Gasteiger partial charge in [-0.3, -0.25) is 4.79 Å². The lowest BCUT2D eigenvalue weighted by molar-refractivity contribution is -0.121. The number of hydrogen-bond acceptors (Lipinski definition) is 2. The van der Waals surface area contributed by atoms with E-state index in [1.165, 1.54) is 12.8 Å².